The third kappa shape index (κ3) is 3.87. The van der Waals surface area contributed by atoms with E-state index in [1.54, 1.807) is 19.1 Å². The van der Waals surface area contributed by atoms with Crippen LogP contribution in [0.4, 0.5) is 4.79 Å². The Hall–Kier alpha value is -2.83. The third-order valence-corrected chi connectivity index (χ3v) is 4.52. The first-order chi connectivity index (χ1) is 12.5. The molecule has 2 aromatic rings. The van der Waals surface area contributed by atoms with Crippen LogP contribution in [0.15, 0.2) is 18.2 Å². The van der Waals surface area contributed by atoms with Gasteiger partial charge in [0.15, 0.2) is 6.61 Å². The summed E-state index contributed by atoms with van der Waals surface area (Å²) in [7, 11) is 0. The molecule has 0 bridgehead atoms. The first kappa shape index (κ1) is 18.0. The first-order valence-electron chi connectivity index (χ1n) is 8.75. The van der Waals surface area contributed by atoms with Gasteiger partial charge in [0.2, 0.25) is 0 Å². The van der Waals surface area contributed by atoms with E-state index in [2.05, 4.69) is 16.6 Å². The van der Waals surface area contributed by atoms with Crippen LogP contribution in [0, 0.1) is 5.92 Å². The number of carbonyl (C=O) groups is 3. The quantitative estimate of drug-likeness (QED) is 0.819. The molecule has 2 N–H and O–H groups in total. The highest BCUT2D eigenvalue weighted by atomic mass is 16.6. The molecule has 138 valence electrons. The van der Waals surface area contributed by atoms with E-state index in [1.165, 1.54) is 11.3 Å². The molecule has 0 saturated carbocycles. The van der Waals surface area contributed by atoms with Gasteiger partial charge >= 0.3 is 12.1 Å². The van der Waals surface area contributed by atoms with Crippen LogP contribution in [0.1, 0.15) is 41.9 Å². The summed E-state index contributed by atoms with van der Waals surface area (Å²) in [5.41, 5.74) is 3.87. The zero-order valence-corrected chi connectivity index (χ0v) is 14.9. The molecule has 26 heavy (non-hydrogen) atoms. The third-order valence-electron chi connectivity index (χ3n) is 4.52. The van der Waals surface area contributed by atoms with Gasteiger partial charge in [0.1, 0.15) is 0 Å². The average molecular weight is 358 g/mol. The maximum absolute atomic E-state index is 12.2. The van der Waals surface area contributed by atoms with Gasteiger partial charge in [-0.05, 0) is 55.9 Å². The van der Waals surface area contributed by atoms with E-state index in [0.29, 0.717) is 11.5 Å². The molecule has 0 saturated heterocycles. The summed E-state index contributed by atoms with van der Waals surface area (Å²) in [5.74, 6) is -0.723. The number of benzene rings is 1. The van der Waals surface area contributed by atoms with Crippen molar-refractivity contribution in [1.82, 2.24) is 10.3 Å². The monoisotopic (exact) mass is 358 g/mol. The van der Waals surface area contributed by atoms with Crippen molar-refractivity contribution in [1.29, 1.82) is 0 Å². The number of carbonyl (C=O) groups excluding carboxylic acids is 3. The molecule has 2 amide bonds. The van der Waals surface area contributed by atoms with Crippen molar-refractivity contribution in [3.8, 4) is 0 Å². The minimum absolute atomic E-state index is 0.151. The molecule has 1 aromatic heterocycles. The van der Waals surface area contributed by atoms with Crippen LogP contribution in [0.3, 0.4) is 0 Å². The maximum Gasteiger partial charge on any atom is 0.413 e. The van der Waals surface area contributed by atoms with Gasteiger partial charge in [-0.3, -0.25) is 10.1 Å². The zero-order chi connectivity index (χ0) is 18.7. The fourth-order valence-corrected chi connectivity index (χ4v) is 3.25. The topological polar surface area (TPSA) is 97.5 Å². The fourth-order valence-electron chi connectivity index (χ4n) is 3.25. The maximum atomic E-state index is 12.2. The SMILES string of the molecule is CCOC(=O)NC(=O)COC(=O)c1ccc2[nH]c3c(c2c1)CC(C)CC3. The fraction of sp³-hybridized carbons (Fsp3) is 0.421. The van der Waals surface area contributed by atoms with Crippen molar-refractivity contribution in [3.05, 3.63) is 35.0 Å². The smallest absolute Gasteiger partial charge is 0.413 e. The second-order valence-electron chi connectivity index (χ2n) is 6.54. The van der Waals surface area contributed by atoms with Gasteiger partial charge in [0, 0.05) is 16.6 Å². The normalized spacial score (nSPS) is 16.0. The minimum atomic E-state index is -0.858. The highest BCUT2D eigenvalue weighted by Crippen LogP contribution is 2.32. The van der Waals surface area contributed by atoms with Gasteiger partial charge in [-0.1, -0.05) is 6.92 Å². The van der Waals surface area contributed by atoms with Crippen molar-refractivity contribution in [2.24, 2.45) is 5.92 Å². The van der Waals surface area contributed by atoms with E-state index >= 15 is 0 Å². The van der Waals surface area contributed by atoms with Gasteiger partial charge in [0.05, 0.1) is 12.2 Å². The van der Waals surface area contributed by atoms with E-state index in [-0.39, 0.29) is 6.61 Å². The number of imide groups is 1. The van der Waals surface area contributed by atoms with Crippen LogP contribution in [0.25, 0.3) is 10.9 Å². The second kappa shape index (κ2) is 7.59. The number of aromatic amines is 1. The molecule has 1 atom stereocenters. The van der Waals surface area contributed by atoms with Gasteiger partial charge in [-0.15, -0.1) is 0 Å². The van der Waals surface area contributed by atoms with Gasteiger partial charge in [-0.25, -0.2) is 9.59 Å². The predicted octanol–water partition coefficient (Wildman–Crippen LogP) is 2.72. The summed E-state index contributed by atoms with van der Waals surface area (Å²) in [6, 6.07) is 5.32. The molecular formula is C19H22N2O5. The number of amides is 2. The highest BCUT2D eigenvalue weighted by Gasteiger charge is 2.21. The standard InChI is InChI=1S/C19H22N2O5/c1-3-25-19(24)21-17(22)10-26-18(23)12-5-7-16-14(9-12)13-8-11(2)4-6-15(13)20-16/h5,7,9,11,20H,3-4,6,8,10H2,1-2H3,(H,21,22,24). The molecule has 3 rings (SSSR count). The molecule has 1 aliphatic rings. The molecule has 0 spiro atoms. The lowest BCUT2D eigenvalue weighted by molar-refractivity contribution is -0.123. The number of hydrogen-bond acceptors (Lipinski definition) is 5. The molecule has 1 heterocycles. The Morgan fingerprint density at radius 2 is 2.08 bits per heavy atom. The van der Waals surface area contributed by atoms with Gasteiger partial charge < -0.3 is 14.5 Å². The Morgan fingerprint density at radius 3 is 2.85 bits per heavy atom. The van der Waals surface area contributed by atoms with Gasteiger partial charge in [0.25, 0.3) is 5.91 Å². The number of hydrogen-bond donors (Lipinski definition) is 2. The van der Waals surface area contributed by atoms with Crippen LogP contribution in [0.2, 0.25) is 0 Å². The average Bonchev–Trinajstić information content (AvgIpc) is 2.97. The number of H-pyrrole nitrogens is 1. The van der Waals surface area contributed by atoms with Crippen LogP contribution >= 0.6 is 0 Å². The van der Waals surface area contributed by atoms with Crippen molar-refractivity contribution in [2.45, 2.75) is 33.1 Å². The molecule has 7 heteroatoms. The number of rotatable bonds is 4. The Labute approximate surface area is 151 Å². The number of esters is 1. The van der Waals surface area contributed by atoms with Gasteiger partial charge in [-0.2, -0.15) is 0 Å². The summed E-state index contributed by atoms with van der Waals surface area (Å²) in [5, 5.41) is 3.00. The molecule has 0 aliphatic heterocycles. The van der Waals surface area contributed by atoms with E-state index < -0.39 is 24.6 Å². The molecule has 0 radical (unpaired) electrons. The summed E-state index contributed by atoms with van der Waals surface area (Å²) < 4.78 is 9.58. The van der Waals surface area contributed by atoms with Crippen LogP contribution in [0.5, 0.6) is 0 Å². The lowest BCUT2D eigenvalue weighted by atomic mass is 9.87. The van der Waals surface area contributed by atoms with Crippen LogP contribution in [-0.2, 0) is 27.1 Å². The second-order valence-corrected chi connectivity index (χ2v) is 6.54. The summed E-state index contributed by atoms with van der Waals surface area (Å²) >= 11 is 0. The number of fused-ring (bicyclic) bond motifs is 3. The predicted molar refractivity (Wildman–Crippen MR) is 94.9 cm³/mol. The summed E-state index contributed by atoms with van der Waals surface area (Å²) in [4.78, 5) is 38.4. The lowest BCUT2D eigenvalue weighted by Gasteiger charge is -2.18. The zero-order valence-electron chi connectivity index (χ0n) is 14.9. The first-order valence-corrected chi connectivity index (χ1v) is 8.75. The van der Waals surface area contributed by atoms with Crippen molar-refractivity contribution in [3.63, 3.8) is 0 Å². The van der Waals surface area contributed by atoms with E-state index in [0.717, 1.165) is 30.2 Å². The Bertz CT molecular complexity index is 855. The highest BCUT2D eigenvalue weighted by molar-refractivity contribution is 5.98. The van der Waals surface area contributed by atoms with Crippen LogP contribution < -0.4 is 5.32 Å². The van der Waals surface area contributed by atoms with E-state index in [4.69, 9.17) is 4.74 Å². The van der Waals surface area contributed by atoms with Crippen molar-refractivity contribution >= 4 is 28.9 Å². The summed E-state index contributed by atoms with van der Waals surface area (Å²) in [6.45, 7) is 3.46. The molecule has 1 aliphatic carbocycles. The number of aromatic nitrogens is 1. The molecule has 7 nitrogen and oxygen atoms in total. The largest absolute Gasteiger partial charge is 0.452 e. The number of aryl methyl sites for hydroxylation is 1. The molecule has 1 aromatic carbocycles. The number of nitrogens with one attached hydrogen (secondary N) is 2. The van der Waals surface area contributed by atoms with Crippen LogP contribution in [-0.4, -0.2) is 36.2 Å². The molecule has 1 unspecified atom stereocenters. The van der Waals surface area contributed by atoms with E-state index in [1.807, 2.05) is 11.4 Å². The Morgan fingerprint density at radius 1 is 1.27 bits per heavy atom. The number of ether oxygens (including phenoxy) is 2. The Kier molecular flexibility index (Phi) is 5.25. The number of alkyl carbamates (subject to hydrolysis) is 1. The molecular weight excluding hydrogens is 336 g/mol. The Balaban J connectivity index is 1.68. The van der Waals surface area contributed by atoms with Crippen molar-refractivity contribution in [2.75, 3.05) is 13.2 Å². The van der Waals surface area contributed by atoms with E-state index in [9.17, 15) is 14.4 Å². The molecule has 0 fully saturated rings. The minimum Gasteiger partial charge on any atom is -0.452 e. The van der Waals surface area contributed by atoms with Crippen molar-refractivity contribution < 1.29 is 23.9 Å². The lowest BCUT2D eigenvalue weighted by Crippen LogP contribution is -2.34. The summed E-state index contributed by atoms with van der Waals surface area (Å²) in [6.07, 6.45) is 2.29.